The third-order valence-electron chi connectivity index (χ3n) is 3.60. The van der Waals surface area contributed by atoms with E-state index < -0.39 is 0 Å². The Morgan fingerprint density at radius 2 is 2.00 bits per heavy atom. The first-order valence-corrected chi connectivity index (χ1v) is 7.63. The average Bonchev–Trinajstić information content (AvgIpc) is 2.85. The second kappa shape index (κ2) is 6.76. The molecule has 2 rings (SSSR count). The van der Waals surface area contributed by atoms with E-state index in [0.29, 0.717) is 11.2 Å². The molecule has 0 radical (unpaired) electrons. The predicted molar refractivity (Wildman–Crippen MR) is 85.8 cm³/mol. The molecule has 2 aromatic rings. The van der Waals surface area contributed by atoms with E-state index in [-0.39, 0.29) is 12.1 Å². The van der Waals surface area contributed by atoms with Crippen LogP contribution in [0.15, 0.2) is 45.5 Å². The van der Waals surface area contributed by atoms with Crippen LogP contribution in [0.2, 0.25) is 5.02 Å². The van der Waals surface area contributed by atoms with Crippen molar-refractivity contribution in [2.24, 2.45) is 5.73 Å². The van der Waals surface area contributed by atoms with Crippen molar-refractivity contribution >= 4 is 27.5 Å². The van der Waals surface area contributed by atoms with Gasteiger partial charge in [0, 0.05) is 17.6 Å². The van der Waals surface area contributed by atoms with Crippen LogP contribution in [0.25, 0.3) is 0 Å². The first-order valence-electron chi connectivity index (χ1n) is 6.46. The first kappa shape index (κ1) is 15.6. The largest absolute Gasteiger partial charge is 0.453 e. The van der Waals surface area contributed by atoms with Crippen LogP contribution in [0.4, 0.5) is 0 Å². The molecule has 1 heterocycles. The van der Waals surface area contributed by atoms with Crippen LogP contribution >= 0.6 is 27.5 Å². The summed E-state index contributed by atoms with van der Waals surface area (Å²) < 4.78 is 6.35. The summed E-state index contributed by atoms with van der Waals surface area (Å²) in [4.78, 5) is 2.17. The smallest absolute Gasteiger partial charge is 0.169 e. The fourth-order valence-corrected chi connectivity index (χ4v) is 2.91. The lowest BCUT2D eigenvalue weighted by Crippen LogP contribution is -2.32. The van der Waals surface area contributed by atoms with Crippen LogP contribution in [0, 0.1) is 0 Å². The van der Waals surface area contributed by atoms with Crippen molar-refractivity contribution < 1.29 is 4.42 Å². The Morgan fingerprint density at radius 3 is 2.55 bits per heavy atom. The van der Waals surface area contributed by atoms with Gasteiger partial charge in [-0.2, -0.15) is 0 Å². The van der Waals surface area contributed by atoms with E-state index in [9.17, 15) is 0 Å². The van der Waals surface area contributed by atoms with Gasteiger partial charge in [-0.05, 0) is 53.7 Å². The van der Waals surface area contributed by atoms with Crippen LogP contribution < -0.4 is 5.73 Å². The van der Waals surface area contributed by atoms with E-state index in [4.69, 9.17) is 21.8 Å². The molecule has 1 aromatic heterocycles. The van der Waals surface area contributed by atoms with E-state index in [0.717, 1.165) is 16.3 Å². The number of likely N-dealkylation sites (N-methyl/N-ethyl adjacent to an activating group) is 1. The number of benzene rings is 1. The molecule has 5 heteroatoms. The third-order valence-corrected chi connectivity index (χ3v) is 4.37. The molecule has 0 spiro atoms. The van der Waals surface area contributed by atoms with Crippen molar-refractivity contribution in [3.05, 3.63) is 57.4 Å². The highest BCUT2D eigenvalue weighted by Crippen LogP contribution is 2.33. The zero-order valence-electron chi connectivity index (χ0n) is 11.5. The molecule has 3 nitrogen and oxygen atoms in total. The van der Waals surface area contributed by atoms with Gasteiger partial charge in [-0.1, -0.05) is 29.8 Å². The number of rotatable bonds is 5. The van der Waals surface area contributed by atoms with Crippen molar-refractivity contribution in [1.29, 1.82) is 0 Å². The molecule has 0 fully saturated rings. The van der Waals surface area contributed by atoms with Crippen LogP contribution in [-0.2, 0) is 0 Å². The summed E-state index contributed by atoms with van der Waals surface area (Å²) in [6.45, 7) is 2.59. The fraction of sp³-hybridized carbons (Fsp3) is 0.333. The number of nitrogens with zero attached hydrogens (tertiary/aromatic N) is 1. The van der Waals surface area contributed by atoms with E-state index in [1.807, 2.05) is 43.4 Å². The highest BCUT2D eigenvalue weighted by Gasteiger charge is 2.25. The molecule has 0 saturated heterocycles. The van der Waals surface area contributed by atoms with Gasteiger partial charge >= 0.3 is 0 Å². The maximum Gasteiger partial charge on any atom is 0.169 e. The zero-order valence-corrected chi connectivity index (χ0v) is 13.9. The van der Waals surface area contributed by atoms with Crippen LogP contribution in [0.5, 0.6) is 0 Å². The molecule has 2 atom stereocenters. The highest BCUT2D eigenvalue weighted by atomic mass is 79.9. The van der Waals surface area contributed by atoms with E-state index in [1.165, 1.54) is 0 Å². The summed E-state index contributed by atoms with van der Waals surface area (Å²) in [7, 11) is 2.03. The molecule has 0 aliphatic rings. The summed E-state index contributed by atoms with van der Waals surface area (Å²) >= 11 is 9.60. The normalized spacial score (nSPS) is 14.5. The second-order valence-corrected chi connectivity index (χ2v) is 5.95. The lowest BCUT2D eigenvalue weighted by Gasteiger charge is -2.31. The van der Waals surface area contributed by atoms with Gasteiger partial charge in [0.1, 0.15) is 5.76 Å². The molecular formula is C15H18BrClN2O. The van der Waals surface area contributed by atoms with Gasteiger partial charge in [-0.3, -0.25) is 4.90 Å². The van der Waals surface area contributed by atoms with Gasteiger partial charge in [0.05, 0.1) is 6.04 Å². The quantitative estimate of drug-likeness (QED) is 0.863. The number of nitrogens with two attached hydrogens (primary N) is 1. The second-order valence-electron chi connectivity index (χ2n) is 4.76. The molecule has 108 valence electrons. The number of hydrogen-bond acceptors (Lipinski definition) is 3. The molecule has 1 aromatic carbocycles. The maximum atomic E-state index is 6.27. The Bertz CT molecular complexity index is 573. The predicted octanol–water partition coefficient (Wildman–Crippen LogP) is 4.39. The van der Waals surface area contributed by atoms with Crippen LogP contribution in [0.1, 0.15) is 30.3 Å². The molecule has 0 amide bonds. The molecule has 0 aliphatic carbocycles. The van der Waals surface area contributed by atoms with Gasteiger partial charge in [0.25, 0.3) is 0 Å². The van der Waals surface area contributed by atoms with Crippen LogP contribution in [-0.4, -0.2) is 18.5 Å². The Kier molecular flexibility index (Phi) is 5.27. The summed E-state index contributed by atoms with van der Waals surface area (Å²) in [5.74, 6) is 0.848. The summed E-state index contributed by atoms with van der Waals surface area (Å²) in [6.07, 6.45) is 0. The molecule has 0 bridgehead atoms. The lowest BCUT2D eigenvalue weighted by atomic mass is 10.0. The maximum absolute atomic E-state index is 6.27. The highest BCUT2D eigenvalue weighted by molar-refractivity contribution is 9.10. The summed E-state index contributed by atoms with van der Waals surface area (Å²) in [5.41, 5.74) is 7.00. The molecule has 0 aliphatic heterocycles. The van der Waals surface area contributed by atoms with Crippen molar-refractivity contribution in [2.45, 2.75) is 19.0 Å². The average molecular weight is 358 g/mol. The Morgan fingerprint density at radius 1 is 1.30 bits per heavy atom. The molecule has 2 unspecified atom stereocenters. The van der Waals surface area contributed by atoms with E-state index in [2.05, 4.69) is 27.8 Å². The monoisotopic (exact) mass is 356 g/mol. The van der Waals surface area contributed by atoms with E-state index >= 15 is 0 Å². The minimum atomic E-state index is 0.00701. The fourth-order valence-electron chi connectivity index (χ4n) is 2.29. The molecule has 20 heavy (non-hydrogen) atoms. The number of furan rings is 1. The Hall–Kier alpha value is -0.810. The van der Waals surface area contributed by atoms with Crippen molar-refractivity contribution in [3.8, 4) is 0 Å². The van der Waals surface area contributed by atoms with Gasteiger partial charge in [0.15, 0.2) is 4.67 Å². The molecular weight excluding hydrogens is 340 g/mol. The molecule has 2 N–H and O–H groups in total. The Labute approximate surface area is 132 Å². The summed E-state index contributed by atoms with van der Waals surface area (Å²) in [6, 6.07) is 11.8. The zero-order chi connectivity index (χ0) is 14.7. The minimum Gasteiger partial charge on any atom is -0.453 e. The van der Waals surface area contributed by atoms with Crippen LogP contribution in [0.3, 0.4) is 0 Å². The van der Waals surface area contributed by atoms with Gasteiger partial charge in [-0.25, -0.2) is 0 Å². The van der Waals surface area contributed by atoms with E-state index in [1.54, 1.807) is 0 Å². The topological polar surface area (TPSA) is 42.4 Å². The SMILES string of the molecule is CC(c1ccccc1Cl)N(C)C(CN)c1ccc(Br)o1. The Balaban J connectivity index is 2.24. The van der Waals surface area contributed by atoms with Gasteiger partial charge in [0.2, 0.25) is 0 Å². The third kappa shape index (κ3) is 3.26. The lowest BCUT2D eigenvalue weighted by molar-refractivity contribution is 0.168. The number of hydrogen-bond donors (Lipinski definition) is 1. The minimum absolute atomic E-state index is 0.00701. The van der Waals surface area contributed by atoms with Crippen molar-refractivity contribution in [2.75, 3.05) is 13.6 Å². The summed E-state index contributed by atoms with van der Waals surface area (Å²) in [5, 5.41) is 0.767. The van der Waals surface area contributed by atoms with Gasteiger partial charge in [-0.15, -0.1) is 0 Å². The van der Waals surface area contributed by atoms with Gasteiger partial charge < -0.3 is 10.2 Å². The van der Waals surface area contributed by atoms with Crippen molar-refractivity contribution in [1.82, 2.24) is 4.90 Å². The first-order chi connectivity index (χ1) is 9.54. The number of halogens is 2. The standard InChI is InChI=1S/C15H18BrClN2O/c1-10(11-5-3-4-6-12(11)17)19(2)13(9-18)14-7-8-15(16)20-14/h3-8,10,13H,9,18H2,1-2H3. The van der Waals surface area contributed by atoms with Crippen molar-refractivity contribution in [3.63, 3.8) is 0 Å². The molecule has 0 saturated carbocycles.